The predicted octanol–water partition coefficient (Wildman–Crippen LogP) is 4.23. The molecule has 4 heteroatoms. The quantitative estimate of drug-likeness (QED) is 0.860. The first kappa shape index (κ1) is 15.4. The van der Waals surface area contributed by atoms with Crippen LogP contribution in [0.4, 0.5) is 0 Å². The SMILES string of the molecule is CCCNC(c1ccc(Br)cn1)C1CCOC2(CCC2)C1. The summed E-state index contributed by atoms with van der Waals surface area (Å²) in [6, 6.07) is 4.61. The normalized spacial score (nSPS) is 25.5. The summed E-state index contributed by atoms with van der Waals surface area (Å²) in [6.45, 7) is 4.18. The van der Waals surface area contributed by atoms with Crippen LogP contribution in [0.2, 0.25) is 0 Å². The van der Waals surface area contributed by atoms with E-state index < -0.39 is 0 Å². The van der Waals surface area contributed by atoms with Crippen LogP contribution >= 0.6 is 15.9 Å². The van der Waals surface area contributed by atoms with Crippen molar-refractivity contribution in [3.63, 3.8) is 0 Å². The highest BCUT2D eigenvalue weighted by Gasteiger charge is 2.44. The average molecular weight is 353 g/mol. The van der Waals surface area contributed by atoms with Gasteiger partial charge in [-0.15, -0.1) is 0 Å². The number of nitrogens with zero attached hydrogens (tertiary/aromatic N) is 1. The zero-order valence-corrected chi connectivity index (χ0v) is 14.4. The monoisotopic (exact) mass is 352 g/mol. The van der Waals surface area contributed by atoms with Crippen molar-refractivity contribution in [1.82, 2.24) is 10.3 Å². The average Bonchev–Trinajstić information content (AvgIpc) is 2.48. The fraction of sp³-hybridized carbons (Fsp3) is 0.706. The van der Waals surface area contributed by atoms with E-state index in [-0.39, 0.29) is 5.60 Å². The molecule has 1 aromatic heterocycles. The number of hydrogen-bond donors (Lipinski definition) is 1. The molecule has 3 rings (SSSR count). The largest absolute Gasteiger partial charge is 0.375 e. The highest BCUT2D eigenvalue weighted by Crippen LogP contribution is 2.47. The summed E-state index contributed by atoms with van der Waals surface area (Å²) in [7, 11) is 0. The second kappa shape index (κ2) is 6.76. The molecule has 0 amide bonds. The molecule has 2 unspecified atom stereocenters. The minimum absolute atomic E-state index is 0.199. The molecule has 116 valence electrons. The van der Waals surface area contributed by atoms with Gasteiger partial charge in [0.25, 0.3) is 0 Å². The molecule has 3 nitrogen and oxygen atoms in total. The van der Waals surface area contributed by atoms with Crippen molar-refractivity contribution in [2.45, 2.75) is 57.1 Å². The first-order valence-corrected chi connectivity index (χ1v) is 9.00. The van der Waals surface area contributed by atoms with Crippen LogP contribution in [-0.2, 0) is 4.74 Å². The maximum absolute atomic E-state index is 6.09. The molecule has 1 aliphatic heterocycles. The van der Waals surface area contributed by atoms with Crippen LogP contribution in [0.1, 0.15) is 57.2 Å². The van der Waals surface area contributed by atoms with E-state index in [0.717, 1.165) is 30.5 Å². The molecule has 1 aliphatic carbocycles. The van der Waals surface area contributed by atoms with Gasteiger partial charge >= 0.3 is 0 Å². The van der Waals surface area contributed by atoms with Crippen molar-refractivity contribution in [3.8, 4) is 0 Å². The van der Waals surface area contributed by atoms with Gasteiger partial charge in [-0.2, -0.15) is 0 Å². The van der Waals surface area contributed by atoms with Gasteiger partial charge < -0.3 is 10.1 Å². The molecule has 2 aliphatic rings. The number of nitrogens with one attached hydrogen (secondary N) is 1. The summed E-state index contributed by atoms with van der Waals surface area (Å²) < 4.78 is 7.13. The number of aromatic nitrogens is 1. The number of ether oxygens (including phenoxy) is 1. The molecule has 1 N–H and O–H groups in total. The van der Waals surface area contributed by atoms with Crippen molar-refractivity contribution in [3.05, 3.63) is 28.5 Å². The molecule has 0 aromatic carbocycles. The van der Waals surface area contributed by atoms with Crippen LogP contribution < -0.4 is 5.32 Å². The van der Waals surface area contributed by atoms with Gasteiger partial charge in [-0.3, -0.25) is 4.98 Å². The Morgan fingerprint density at radius 2 is 2.33 bits per heavy atom. The van der Waals surface area contributed by atoms with Crippen molar-refractivity contribution in [2.75, 3.05) is 13.2 Å². The molecule has 1 saturated heterocycles. The lowest BCUT2D eigenvalue weighted by Gasteiger charge is -2.48. The molecule has 2 atom stereocenters. The highest BCUT2D eigenvalue weighted by molar-refractivity contribution is 9.10. The van der Waals surface area contributed by atoms with E-state index in [1.165, 1.54) is 31.4 Å². The molecule has 0 bridgehead atoms. The Kier molecular flexibility index (Phi) is 4.97. The topological polar surface area (TPSA) is 34.2 Å². The zero-order valence-electron chi connectivity index (χ0n) is 12.8. The van der Waals surface area contributed by atoms with E-state index in [1.54, 1.807) is 0 Å². The van der Waals surface area contributed by atoms with E-state index >= 15 is 0 Å². The lowest BCUT2D eigenvalue weighted by atomic mass is 9.70. The van der Waals surface area contributed by atoms with Gasteiger partial charge in [-0.05, 0) is 79.1 Å². The van der Waals surface area contributed by atoms with Gasteiger partial charge in [0.1, 0.15) is 0 Å². The summed E-state index contributed by atoms with van der Waals surface area (Å²) in [6.07, 6.45) is 9.22. The molecule has 1 saturated carbocycles. The van der Waals surface area contributed by atoms with Crippen molar-refractivity contribution >= 4 is 15.9 Å². The van der Waals surface area contributed by atoms with E-state index in [1.807, 2.05) is 6.20 Å². The third kappa shape index (κ3) is 3.49. The summed E-state index contributed by atoms with van der Waals surface area (Å²) in [4.78, 5) is 4.65. The Bertz CT molecular complexity index is 458. The molecular weight excluding hydrogens is 328 g/mol. The molecule has 2 heterocycles. The van der Waals surface area contributed by atoms with Crippen molar-refractivity contribution in [2.24, 2.45) is 5.92 Å². The fourth-order valence-corrected chi connectivity index (χ4v) is 3.89. The second-order valence-electron chi connectivity index (χ2n) is 6.47. The molecule has 2 fully saturated rings. The minimum Gasteiger partial charge on any atom is -0.375 e. The van der Waals surface area contributed by atoms with Crippen LogP contribution in [0.5, 0.6) is 0 Å². The number of halogens is 1. The van der Waals surface area contributed by atoms with E-state index in [9.17, 15) is 0 Å². The zero-order chi connectivity index (χ0) is 14.7. The molecule has 1 aromatic rings. The maximum atomic E-state index is 6.09. The standard InChI is InChI=1S/C17H25BrN2O/c1-2-9-19-16(15-5-4-14(18)12-20-15)13-6-10-21-17(11-13)7-3-8-17/h4-5,12-13,16,19H,2-3,6-11H2,1H3. The van der Waals surface area contributed by atoms with Crippen LogP contribution in [0.25, 0.3) is 0 Å². The summed E-state index contributed by atoms with van der Waals surface area (Å²) in [5.41, 5.74) is 1.37. The Morgan fingerprint density at radius 1 is 1.48 bits per heavy atom. The first-order valence-electron chi connectivity index (χ1n) is 8.21. The first-order chi connectivity index (χ1) is 10.2. The summed E-state index contributed by atoms with van der Waals surface area (Å²) in [5, 5.41) is 3.73. The fourth-order valence-electron chi connectivity index (χ4n) is 3.65. The van der Waals surface area contributed by atoms with Crippen molar-refractivity contribution < 1.29 is 4.74 Å². The molecule has 1 spiro atoms. The third-order valence-corrected chi connectivity index (χ3v) is 5.42. The molecule has 0 radical (unpaired) electrons. The Morgan fingerprint density at radius 3 is 2.95 bits per heavy atom. The maximum Gasteiger partial charge on any atom is 0.0686 e. The smallest absolute Gasteiger partial charge is 0.0686 e. The number of hydrogen-bond acceptors (Lipinski definition) is 3. The predicted molar refractivity (Wildman–Crippen MR) is 88.2 cm³/mol. The Hall–Kier alpha value is -0.450. The van der Waals surface area contributed by atoms with Crippen molar-refractivity contribution in [1.29, 1.82) is 0 Å². The van der Waals surface area contributed by atoms with E-state index in [4.69, 9.17) is 4.74 Å². The van der Waals surface area contributed by atoms with Crippen LogP contribution in [0.15, 0.2) is 22.8 Å². The summed E-state index contributed by atoms with van der Waals surface area (Å²) >= 11 is 3.48. The van der Waals surface area contributed by atoms with Crippen LogP contribution in [0, 0.1) is 5.92 Å². The van der Waals surface area contributed by atoms with Gasteiger partial charge in [0.05, 0.1) is 17.3 Å². The van der Waals surface area contributed by atoms with E-state index in [0.29, 0.717) is 12.0 Å². The van der Waals surface area contributed by atoms with E-state index in [2.05, 4.69) is 45.3 Å². The van der Waals surface area contributed by atoms with Gasteiger partial charge in [0.15, 0.2) is 0 Å². The molecule has 21 heavy (non-hydrogen) atoms. The van der Waals surface area contributed by atoms with Crippen LogP contribution in [0.3, 0.4) is 0 Å². The lowest BCUT2D eigenvalue weighted by Crippen LogP contribution is -2.48. The van der Waals surface area contributed by atoms with Crippen LogP contribution in [-0.4, -0.2) is 23.7 Å². The van der Waals surface area contributed by atoms with Gasteiger partial charge in [-0.1, -0.05) is 6.92 Å². The Labute approximate surface area is 136 Å². The number of rotatable bonds is 5. The Balaban J connectivity index is 1.76. The van der Waals surface area contributed by atoms with Gasteiger partial charge in [0.2, 0.25) is 0 Å². The summed E-state index contributed by atoms with van der Waals surface area (Å²) in [5.74, 6) is 0.638. The van der Waals surface area contributed by atoms with Gasteiger partial charge in [-0.25, -0.2) is 0 Å². The number of pyridine rings is 1. The molecular formula is C17H25BrN2O. The second-order valence-corrected chi connectivity index (χ2v) is 7.39. The lowest BCUT2D eigenvalue weighted by molar-refractivity contribution is -0.147. The highest BCUT2D eigenvalue weighted by atomic mass is 79.9. The minimum atomic E-state index is 0.199. The van der Waals surface area contributed by atoms with Gasteiger partial charge in [0, 0.05) is 17.3 Å². The third-order valence-electron chi connectivity index (χ3n) is 4.95.